The maximum absolute atomic E-state index is 4.88. The lowest BCUT2D eigenvalue weighted by Gasteiger charge is -2.16. The van der Waals surface area contributed by atoms with E-state index >= 15 is 0 Å². The molecule has 0 fully saturated rings. The van der Waals surface area contributed by atoms with E-state index < -0.39 is 0 Å². The summed E-state index contributed by atoms with van der Waals surface area (Å²) in [6, 6.07) is 0. The molecule has 2 nitrogen and oxygen atoms in total. The van der Waals surface area contributed by atoms with Crippen molar-refractivity contribution >= 4 is 34.0 Å². The van der Waals surface area contributed by atoms with Crippen LogP contribution in [-0.2, 0) is 0 Å². The van der Waals surface area contributed by atoms with E-state index in [4.69, 9.17) is 12.2 Å². The fraction of sp³-hybridized carbons (Fsp3) is 0.600. The highest BCUT2D eigenvalue weighted by atomic mass is 32.2. The highest BCUT2D eigenvalue weighted by molar-refractivity contribution is 8.23. The molecule has 50 valence electrons. The normalized spacial score (nSPS) is 27.1. The van der Waals surface area contributed by atoms with Crippen molar-refractivity contribution in [2.75, 3.05) is 0 Å². The molecule has 9 heavy (non-hydrogen) atoms. The first-order valence-electron chi connectivity index (χ1n) is 2.71. The Morgan fingerprint density at radius 1 is 1.78 bits per heavy atom. The van der Waals surface area contributed by atoms with Gasteiger partial charge in [-0.1, -0.05) is 24.0 Å². The molecule has 4 heteroatoms. The standard InChI is InChI=1S/C5H8N2S2/c1-3-4(2)9-5(8)7-6-3/h4H,1-2H3,(H,7,8)/t4-/m1/s1. The van der Waals surface area contributed by atoms with Gasteiger partial charge in [0.25, 0.3) is 0 Å². The summed E-state index contributed by atoms with van der Waals surface area (Å²) in [4.78, 5) is 0. The Bertz CT molecular complexity index is 164. The highest BCUT2D eigenvalue weighted by Gasteiger charge is 2.13. The average Bonchev–Trinajstić information content (AvgIpc) is 1.80. The van der Waals surface area contributed by atoms with E-state index in [2.05, 4.69) is 17.5 Å². The third-order valence-electron chi connectivity index (χ3n) is 1.20. The molecule has 1 rings (SSSR count). The van der Waals surface area contributed by atoms with E-state index in [0.29, 0.717) is 5.25 Å². The number of thioether (sulfide) groups is 1. The van der Waals surface area contributed by atoms with Crippen LogP contribution in [-0.4, -0.2) is 15.3 Å². The van der Waals surface area contributed by atoms with Crippen LogP contribution in [0, 0.1) is 0 Å². The molecule has 0 amide bonds. The monoisotopic (exact) mass is 160 g/mol. The van der Waals surface area contributed by atoms with Gasteiger partial charge in [0.05, 0.1) is 0 Å². The number of hydrazone groups is 1. The van der Waals surface area contributed by atoms with Gasteiger partial charge in [-0.25, -0.2) is 0 Å². The zero-order chi connectivity index (χ0) is 6.85. The third kappa shape index (κ3) is 1.66. The Balaban J connectivity index is 2.67. The highest BCUT2D eigenvalue weighted by Crippen LogP contribution is 2.16. The number of thiocarbonyl (C=S) groups is 1. The third-order valence-corrected chi connectivity index (χ3v) is 2.58. The molecule has 1 aliphatic heterocycles. The molecule has 0 spiro atoms. The second-order valence-corrected chi connectivity index (χ2v) is 3.93. The van der Waals surface area contributed by atoms with E-state index in [9.17, 15) is 0 Å². The lowest BCUT2D eigenvalue weighted by Crippen LogP contribution is -2.26. The van der Waals surface area contributed by atoms with E-state index in [1.165, 1.54) is 0 Å². The van der Waals surface area contributed by atoms with Gasteiger partial charge in [0.15, 0.2) is 4.32 Å². The zero-order valence-corrected chi connectivity index (χ0v) is 6.97. The number of nitrogens with one attached hydrogen (secondary N) is 1. The molecular formula is C5H8N2S2. The molecule has 0 unspecified atom stereocenters. The van der Waals surface area contributed by atoms with Gasteiger partial charge in [0, 0.05) is 11.0 Å². The molecule has 0 aromatic carbocycles. The summed E-state index contributed by atoms with van der Waals surface area (Å²) in [6.45, 7) is 4.09. The van der Waals surface area contributed by atoms with Crippen molar-refractivity contribution in [2.24, 2.45) is 5.10 Å². The maximum Gasteiger partial charge on any atom is 0.154 e. The first kappa shape index (κ1) is 7.02. The van der Waals surface area contributed by atoms with Gasteiger partial charge in [-0.05, 0) is 13.8 Å². The van der Waals surface area contributed by atoms with Crippen molar-refractivity contribution in [3.63, 3.8) is 0 Å². The summed E-state index contributed by atoms with van der Waals surface area (Å²) in [5, 5.41) is 4.44. The number of nitrogens with zero attached hydrogens (tertiary/aromatic N) is 1. The largest absolute Gasteiger partial charge is 0.262 e. The van der Waals surface area contributed by atoms with E-state index in [-0.39, 0.29) is 0 Å². The number of hydrogen-bond donors (Lipinski definition) is 1. The van der Waals surface area contributed by atoms with Gasteiger partial charge in [-0.15, -0.1) is 0 Å². The molecule has 1 heterocycles. The van der Waals surface area contributed by atoms with Gasteiger partial charge < -0.3 is 0 Å². The van der Waals surface area contributed by atoms with E-state index in [1.54, 1.807) is 11.8 Å². The smallest absolute Gasteiger partial charge is 0.154 e. The number of rotatable bonds is 0. The van der Waals surface area contributed by atoms with Gasteiger partial charge in [-0.2, -0.15) is 5.10 Å². The lowest BCUT2D eigenvalue weighted by molar-refractivity contribution is 1.02. The minimum Gasteiger partial charge on any atom is -0.262 e. The zero-order valence-electron chi connectivity index (χ0n) is 5.34. The van der Waals surface area contributed by atoms with Crippen LogP contribution in [0.25, 0.3) is 0 Å². The summed E-state index contributed by atoms with van der Waals surface area (Å²) >= 11 is 6.52. The summed E-state index contributed by atoms with van der Waals surface area (Å²) in [5.74, 6) is 0. The topological polar surface area (TPSA) is 24.4 Å². The van der Waals surface area contributed by atoms with Crippen LogP contribution in [0.4, 0.5) is 0 Å². The summed E-state index contributed by atoms with van der Waals surface area (Å²) in [6.07, 6.45) is 0. The summed E-state index contributed by atoms with van der Waals surface area (Å²) in [7, 11) is 0. The van der Waals surface area contributed by atoms with Crippen LogP contribution in [0.5, 0.6) is 0 Å². The van der Waals surface area contributed by atoms with Crippen molar-refractivity contribution in [1.29, 1.82) is 0 Å². The van der Waals surface area contributed by atoms with Crippen LogP contribution in [0.2, 0.25) is 0 Å². The fourth-order valence-electron chi connectivity index (χ4n) is 0.497. The molecule has 1 atom stereocenters. The predicted octanol–water partition coefficient (Wildman–Crippen LogP) is 1.37. The lowest BCUT2D eigenvalue weighted by atomic mass is 10.3. The van der Waals surface area contributed by atoms with Crippen LogP contribution in [0.1, 0.15) is 13.8 Å². The number of hydrogen-bond acceptors (Lipinski definition) is 3. The average molecular weight is 160 g/mol. The van der Waals surface area contributed by atoms with Crippen LogP contribution < -0.4 is 5.43 Å². The quantitative estimate of drug-likeness (QED) is 0.542. The first-order valence-corrected chi connectivity index (χ1v) is 4.00. The molecular weight excluding hydrogens is 152 g/mol. The Morgan fingerprint density at radius 2 is 2.44 bits per heavy atom. The molecule has 1 aliphatic rings. The Kier molecular flexibility index (Phi) is 2.08. The van der Waals surface area contributed by atoms with Crippen LogP contribution in [0.15, 0.2) is 5.10 Å². The molecule has 0 aliphatic carbocycles. The first-order chi connectivity index (χ1) is 4.20. The van der Waals surface area contributed by atoms with E-state index in [1.807, 2.05) is 6.92 Å². The van der Waals surface area contributed by atoms with Crippen molar-refractivity contribution in [2.45, 2.75) is 19.1 Å². The minimum absolute atomic E-state index is 0.443. The Labute approximate surface area is 64.1 Å². The van der Waals surface area contributed by atoms with Gasteiger partial charge in [0.2, 0.25) is 0 Å². The van der Waals surface area contributed by atoms with Crippen molar-refractivity contribution in [1.82, 2.24) is 5.43 Å². The summed E-state index contributed by atoms with van der Waals surface area (Å²) in [5.41, 5.74) is 3.85. The SMILES string of the molecule is CC1=NNC(=S)S[C@@H]1C. The Morgan fingerprint density at radius 3 is 2.89 bits per heavy atom. The molecule has 0 saturated carbocycles. The van der Waals surface area contributed by atoms with Crippen molar-refractivity contribution in [3.05, 3.63) is 0 Å². The predicted molar refractivity (Wildman–Crippen MR) is 45.9 cm³/mol. The molecule has 0 aromatic rings. The fourth-order valence-corrected chi connectivity index (χ4v) is 1.62. The summed E-state index contributed by atoms with van der Waals surface area (Å²) < 4.78 is 0.771. The maximum atomic E-state index is 4.88. The molecule has 0 saturated heterocycles. The van der Waals surface area contributed by atoms with Crippen molar-refractivity contribution < 1.29 is 0 Å². The second kappa shape index (κ2) is 2.66. The van der Waals surface area contributed by atoms with E-state index in [0.717, 1.165) is 10.0 Å². The van der Waals surface area contributed by atoms with Crippen LogP contribution in [0.3, 0.4) is 0 Å². The van der Waals surface area contributed by atoms with Gasteiger partial charge in [-0.3, -0.25) is 5.43 Å². The molecule has 0 bridgehead atoms. The van der Waals surface area contributed by atoms with Gasteiger partial charge in [0.1, 0.15) is 0 Å². The van der Waals surface area contributed by atoms with Crippen molar-refractivity contribution in [3.8, 4) is 0 Å². The molecule has 1 N–H and O–H groups in total. The van der Waals surface area contributed by atoms with Gasteiger partial charge >= 0.3 is 0 Å². The molecule has 0 radical (unpaired) electrons. The minimum atomic E-state index is 0.443. The molecule has 0 aromatic heterocycles. The van der Waals surface area contributed by atoms with Crippen LogP contribution >= 0.6 is 24.0 Å². The Hall–Kier alpha value is -0.0900. The second-order valence-electron chi connectivity index (χ2n) is 1.91.